The molecule has 0 unspecified atom stereocenters. The second kappa shape index (κ2) is 11.9. The van der Waals surface area contributed by atoms with Gasteiger partial charge in [0.05, 0.1) is 11.6 Å². The SMILES string of the molecule is CC1(C)c2cc(-c3nc(-c4ccccc4)nc(-c4ccccc4)n3)ccc2-c2cccc(-c3ccc4c(c3)-c3ccc(C#N)cc3C43C4CC5CC(C4)CC3C5)c21. The maximum Gasteiger partial charge on any atom is 0.164 e. The van der Waals surface area contributed by atoms with E-state index in [0.29, 0.717) is 29.3 Å². The van der Waals surface area contributed by atoms with E-state index in [1.54, 1.807) is 0 Å². The van der Waals surface area contributed by atoms with Crippen LogP contribution in [0.5, 0.6) is 0 Å². The van der Waals surface area contributed by atoms with E-state index in [9.17, 15) is 5.26 Å². The molecule has 0 saturated heterocycles. The minimum atomic E-state index is -0.268. The molecule has 57 heavy (non-hydrogen) atoms. The Kier molecular flexibility index (Phi) is 6.90. The van der Waals surface area contributed by atoms with E-state index >= 15 is 0 Å². The Balaban J connectivity index is 0.978. The molecular weight excluding hydrogens is 693 g/mol. The Morgan fingerprint density at radius 1 is 0.474 bits per heavy atom. The first kappa shape index (κ1) is 33.0. The highest BCUT2D eigenvalue weighted by Gasteiger charge is 2.61. The highest BCUT2D eigenvalue weighted by Crippen LogP contribution is 2.69. The molecule has 1 heterocycles. The van der Waals surface area contributed by atoms with E-state index < -0.39 is 0 Å². The summed E-state index contributed by atoms with van der Waals surface area (Å²) in [6, 6.07) is 50.5. The zero-order valence-electron chi connectivity index (χ0n) is 32.3. The Morgan fingerprint density at radius 3 is 1.70 bits per heavy atom. The molecule has 1 spiro atoms. The summed E-state index contributed by atoms with van der Waals surface area (Å²) in [4.78, 5) is 15.1. The predicted molar refractivity (Wildman–Crippen MR) is 227 cm³/mol. The lowest BCUT2D eigenvalue weighted by atomic mass is 9.43. The number of fused-ring (bicyclic) bond motifs is 6. The molecule has 1 aromatic heterocycles. The lowest BCUT2D eigenvalue weighted by molar-refractivity contribution is -0.0399. The van der Waals surface area contributed by atoms with Crippen molar-refractivity contribution in [3.8, 4) is 73.6 Å². The van der Waals surface area contributed by atoms with Gasteiger partial charge in [0, 0.05) is 27.5 Å². The summed E-state index contributed by atoms with van der Waals surface area (Å²) in [6.07, 6.45) is 6.75. The van der Waals surface area contributed by atoms with E-state index in [1.807, 2.05) is 42.5 Å². The molecule has 4 fully saturated rings. The van der Waals surface area contributed by atoms with Gasteiger partial charge in [-0.05, 0) is 136 Å². The van der Waals surface area contributed by atoms with Gasteiger partial charge in [-0.25, -0.2) is 15.0 Å². The Labute approximate surface area is 334 Å². The highest BCUT2D eigenvalue weighted by atomic mass is 15.0. The Bertz CT molecular complexity index is 2760. The van der Waals surface area contributed by atoms with Crippen molar-refractivity contribution >= 4 is 0 Å². The monoisotopic (exact) mass is 734 g/mol. The first-order valence-electron chi connectivity index (χ1n) is 20.8. The molecule has 0 N–H and O–H groups in total. The first-order valence-corrected chi connectivity index (χ1v) is 20.8. The van der Waals surface area contributed by atoms with Crippen LogP contribution in [0.2, 0.25) is 0 Å². The Morgan fingerprint density at radius 2 is 1.05 bits per heavy atom. The fourth-order valence-electron chi connectivity index (χ4n) is 12.6. The van der Waals surface area contributed by atoms with Crippen LogP contribution in [-0.2, 0) is 10.8 Å². The standard InChI is InChI=1S/C53H42N4/c1-52(2)46-29-37(51-56-49(34-10-5-3-6-11-34)55-50(57-51)35-12-7-4-8-13-35)17-20-41(46)43-15-9-14-40(48(43)52)36-18-21-45-44(28-36)42-19-16-31(30-54)27-47(42)53(45)38-23-32-22-33(25-38)26-39(53)24-32/h3-21,27-29,32-33,38-39H,22-26H2,1-2H3. The third-order valence-electron chi connectivity index (χ3n) is 14.7. The topological polar surface area (TPSA) is 62.5 Å². The van der Waals surface area contributed by atoms with E-state index in [4.69, 9.17) is 15.0 Å². The van der Waals surface area contributed by atoms with Gasteiger partial charge in [0.25, 0.3) is 0 Å². The van der Waals surface area contributed by atoms with Gasteiger partial charge in [0.1, 0.15) is 0 Å². The van der Waals surface area contributed by atoms with Gasteiger partial charge in [-0.1, -0.05) is 123 Å². The zero-order chi connectivity index (χ0) is 38.0. The van der Waals surface area contributed by atoms with Crippen molar-refractivity contribution in [2.75, 3.05) is 0 Å². The molecule has 274 valence electrons. The second-order valence-corrected chi connectivity index (χ2v) is 18.0. The molecule has 4 heteroatoms. The number of nitriles is 1. The van der Waals surface area contributed by atoms with Gasteiger partial charge in [0.2, 0.25) is 0 Å². The molecular formula is C53H42N4. The van der Waals surface area contributed by atoms with Gasteiger partial charge in [-0.15, -0.1) is 0 Å². The van der Waals surface area contributed by atoms with Crippen LogP contribution in [0.15, 0.2) is 133 Å². The van der Waals surface area contributed by atoms with E-state index in [0.717, 1.165) is 34.1 Å². The zero-order valence-corrected chi connectivity index (χ0v) is 32.3. The van der Waals surface area contributed by atoms with Gasteiger partial charge >= 0.3 is 0 Å². The van der Waals surface area contributed by atoms with Crippen molar-refractivity contribution in [3.05, 3.63) is 161 Å². The maximum atomic E-state index is 10.1. The number of nitrogens with zero attached hydrogens (tertiary/aromatic N) is 4. The molecule has 0 atom stereocenters. The first-order chi connectivity index (χ1) is 27.9. The average Bonchev–Trinajstić information content (AvgIpc) is 3.67. The third kappa shape index (κ3) is 4.63. The largest absolute Gasteiger partial charge is 0.208 e. The van der Waals surface area contributed by atoms with Crippen LogP contribution in [0.1, 0.15) is 73.8 Å². The molecule has 4 saturated carbocycles. The van der Waals surface area contributed by atoms with Crippen LogP contribution < -0.4 is 0 Å². The minimum Gasteiger partial charge on any atom is -0.208 e. The van der Waals surface area contributed by atoms with E-state index in [1.165, 1.54) is 87.7 Å². The third-order valence-corrected chi connectivity index (χ3v) is 14.7. The number of aromatic nitrogens is 3. The Hall–Kier alpha value is -6.18. The van der Waals surface area contributed by atoms with Crippen molar-refractivity contribution in [3.63, 3.8) is 0 Å². The summed E-state index contributed by atoms with van der Waals surface area (Å²) in [5, 5.41) is 10.1. The average molecular weight is 735 g/mol. The summed E-state index contributed by atoms with van der Waals surface area (Å²) < 4.78 is 0. The normalized spacial score (nSPS) is 23.8. The van der Waals surface area contributed by atoms with Crippen molar-refractivity contribution in [2.24, 2.45) is 23.7 Å². The molecule has 7 aromatic rings. The van der Waals surface area contributed by atoms with Crippen LogP contribution >= 0.6 is 0 Å². The van der Waals surface area contributed by atoms with Crippen LogP contribution in [0.25, 0.3) is 67.5 Å². The summed E-state index contributed by atoms with van der Waals surface area (Å²) in [7, 11) is 0. The maximum absolute atomic E-state index is 10.1. The number of hydrogen-bond donors (Lipinski definition) is 0. The molecule has 4 bridgehead atoms. The van der Waals surface area contributed by atoms with Gasteiger partial charge in [0.15, 0.2) is 17.5 Å². The predicted octanol–water partition coefficient (Wildman–Crippen LogP) is 12.4. The molecule has 13 rings (SSSR count). The molecule has 0 radical (unpaired) electrons. The number of hydrogen-bond acceptors (Lipinski definition) is 4. The van der Waals surface area contributed by atoms with Crippen molar-refractivity contribution < 1.29 is 0 Å². The molecule has 4 nitrogen and oxygen atoms in total. The fourth-order valence-corrected chi connectivity index (χ4v) is 12.6. The molecule has 6 aliphatic carbocycles. The van der Waals surface area contributed by atoms with Crippen molar-refractivity contribution in [1.29, 1.82) is 5.26 Å². The lowest BCUT2D eigenvalue weighted by Crippen LogP contribution is -2.55. The van der Waals surface area contributed by atoms with Crippen LogP contribution in [0, 0.1) is 35.0 Å². The summed E-state index contributed by atoms with van der Waals surface area (Å²) in [5.41, 5.74) is 16.9. The van der Waals surface area contributed by atoms with E-state index in [2.05, 4.69) is 111 Å². The summed E-state index contributed by atoms with van der Waals surface area (Å²) in [6.45, 7) is 4.75. The van der Waals surface area contributed by atoms with Gasteiger partial charge in [-0.3, -0.25) is 0 Å². The van der Waals surface area contributed by atoms with Crippen LogP contribution in [0.3, 0.4) is 0 Å². The van der Waals surface area contributed by atoms with Crippen LogP contribution in [0.4, 0.5) is 0 Å². The smallest absolute Gasteiger partial charge is 0.164 e. The minimum absolute atomic E-state index is 0.0315. The molecule has 0 amide bonds. The summed E-state index contributed by atoms with van der Waals surface area (Å²) >= 11 is 0. The molecule has 6 aromatic carbocycles. The lowest BCUT2D eigenvalue weighted by Gasteiger charge is -2.61. The number of rotatable bonds is 4. The molecule has 0 aliphatic heterocycles. The molecule has 6 aliphatic rings. The number of benzene rings is 6. The van der Waals surface area contributed by atoms with E-state index in [-0.39, 0.29) is 10.8 Å². The van der Waals surface area contributed by atoms with Gasteiger partial charge < -0.3 is 0 Å². The van der Waals surface area contributed by atoms with Crippen molar-refractivity contribution in [2.45, 2.75) is 56.8 Å². The summed E-state index contributed by atoms with van der Waals surface area (Å²) in [5.74, 6) is 5.09. The quantitative estimate of drug-likeness (QED) is 0.181. The van der Waals surface area contributed by atoms with Gasteiger partial charge in [-0.2, -0.15) is 5.26 Å². The van der Waals surface area contributed by atoms with Crippen molar-refractivity contribution in [1.82, 2.24) is 15.0 Å². The fraction of sp³-hybridized carbons (Fsp3) is 0.245. The highest BCUT2D eigenvalue weighted by molar-refractivity contribution is 5.92. The second-order valence-electron chi connectivity index (χ2n) is 18.0. The van der Waals surface area contributed by atoms with Crippen LogP contribution in [-0.4, -0.2) is 15.0 Å².